The molecule has 0 saturated heterocycles. The van der Waals surface area contributed by atoms with Gasteiger partial charge in [-0.1, -0.05) is 6.07 Å². The lowest BCUT2D eigenvalue weighted by Crippen LogP contribution is -2.22. The second-order valence-electron chi connectivity index (χ2n) is 4.78. The van der Waals surface area contributed by atoms with Crippen molar-refractivity contribution in [2.24, 2.45) is 0 Å². The molecule has 3 N–H and O–H groups in total. The van der Waals surface area contributed by atoms with Crippen LogP contribution in [0.4, 0.5) is 5.69 Å². The largest absolute Gasteiger partial charge is 0.481 e. The van der Waals surface area contributed by atoms with Gasteiger partial charge < -0.3 is 20.2 Å². The molecule has 0 radical (unpaired) electrons. The zero-order chi connectivity index (χ0) is 16.7. The van der Waals surface area contributed by atoms with Crippen molar-refractivity contribution < 1.29 is 23.9 Å². The maximum absolute atomic E-state index is 12.0. The summed E-state index contributed by atoms with van der Waals surface area (Å²) in [6, 6.07) is 9.88. The van der Waals surface area contributed by atoms with E-state index in [1.165, 1.54) is 12.3 Å². The normalized spacial score (nSPS) is 10.1. The number of furan rings is 1. The molecule has 120 valence electrons. The molecule has 7 heteroatoms. The number of carbonyl (C=O) groups is 3. The number of nitrogens with one attached hydrogen (secondary N) is 2. The first-order chi connectivity index (χ1) is 11.0. The van der Waals surface area contributed by atoms with E-state index in [0.29, 0.717) is 17.0 Å². The third-order valence-corrected chi connectivity index (χ3v) is 2.98. The lowest BCUT2D eigenvalue weighted by molar-refractivity contribution is -0.138. The average molecular weight is 316 g/mol. The van der Waals surface area contributed by atoms with Crippen LogP contribution in [0, 0.1) is 0 Å². The van der Waals surface area contributed by atoms with Crippen molar-refractivity contribution in [1.29, 1.82) is 0 Å². The summed E-state index contributed by atoms with van der Waals surface area (Å²) in [6.45, 7) is 0.265. The standard InChI is InChI=1S/C16H16N2O5/c19-14(6-7-15(20)21)18-12-4-1-3-11(9-12)16(22)17-10-13-5-2-8-23-13/h1-5,8-9H,6-7,10H2,(H,17,22)(H,18,19)(H,20,21). The van der Waals surface area contributed by atoms with E-state index in [-0.39, 0.29) is 25.3 Å². The van der Waals surface area contributed by atoms with Crippen molar-refractivity contribution in [1.82, 2.24) is 5.32 Å². The van der Waals surface area contributed by atoms with E-state index < -0.39 is 11.9 Å². The Kier molecular flexibility index (Phi) is 5.51. The zero-order valence-corrected chi connectivity index (χ0v) is 12.2. The van der Waals surface area contributed by atoms with Gasteiger partial charge in [-0.15, -0.1) is 0 Å². The fourth-order valence-electron chi connectivity index (χ4n) is 1.86. The van der Waals surface area contributed by atoms with Crippen LogP contribution in [-0.4, -0.2) is 22.9 Å². The van der Waals surface area contributed by atoms with Crippen LogP contribution < -0.4 is 10.6 Å². The summed E-state index contributed by atoms with van der Waals surface area (Å²) in [5, 5.41) is 13.8. The number of carbonyl (C=O) groups excluding carboxylic acids is 2. The molecule has 1 aromatic carbocycles. The average Bonchev–Trinajstić information content (AvgIpc) is 3.04. The molecule has 2 rings (SSSR count). The molecule has 2 amide bonds. The van der Waals surface area contributed by atoms with Crippen molar-refractivity contribution >= 4 is 23.5 Å². The molecule has 23 heavy (non-hydrogen) atoms. The molecule has 0 spiro atoms. The first-order valence-electron chi connectivity index (χ1n) is 6.97. The highest BCUT2D eigenvalue weighted by atomic mass is 16.4. The Morgan fingerprint density at radius 2 is 1.91 bits per heavy atom. The highest BCUT2D eigenvalue weighted by Gasteiger charge is 2.09. The van der Waals surface area contributed by atoms with Crippen LogP contribution >= 0.6 is 0 Å². The smallest absolute Gasteiger partial charge is 0.303 e. The lowest BCUT2D eigenvalue weighted by atomic mass is 10.2. The quantitative estimate of drug-likeness (QED) is 0.724. The SMILES string of the molecule is O=C(O)CCC(=O)Nc1cccc(C(=O)NCc2ccco2)c1. The predicted octanol–water partition coefficient (Wildman–Crippen LogP) is 2.01. The summed E-state index contributed by atoms with van der Waals surface area (Å²) >= 11 is 0. The first kappa shape index (κ1) is 16.3. The highest BCUT2D eigenvalue weighted by molar-refractivity contribution is 5.97. The summed E-state index contributed by atoms with van der Waals surface area (Å²) in [4.78, 5) is 34.1. The van der Waals surface area contributed by atoms with Crippen LogP contribution in [0.25, 0.3) is 0 Å². The highest BCUT2D eigenvalue weighted by Crippen LogP contribution is 2.12. The van der Waals surface area contributed by atoms with E-state index in [4.69, 9.17) is 9.52 Å². The number of rotatable bonds is 7. The Morgan fingerprint density at radius 3 is 2.61 bits per heavy atom. The summed E-state index contributed by atoms with van der Waals surface area (Å²) in [5.41, 5.74) is 0.818. The van der Waals surface area contributed by atoms with Crippen LogP contribution in [0.5, 0.6) is 0 Å². The van der Waals surface area contributed by atoms with E-state index >= 15 is 0 Å². The monoisotopic (exact) mass is 316 g/mol. The molecule has 0 bridgehead atoms. The van der Waals surface area contributed by atoms with E-state index in [1.54, 1.807) is 30.3 Å². The van der Waals surface area contributed by atoms with Crippen LogP contribution in [-0.2, 0) is 16.1 Å². The zero-order valence-electron chi connectivity index (χ0n) is 12.2. The van der Waals surface area contributed by atoms with Crippen LogP contribution in [0.2, 0.25) is 0 Å². The Balaban J connectivity index is 1.91. The third-order valence-electron chi connectivity index (χ3n) is 2.98. The second-order valence-corrected chi connectivity index (χ2v) is 4.78. The van der Waals surface area contributed by atoms with Gasteiger partial charge in [0.2, 0.25) is 5.91 Å². The summed E-state index contributed by atoms with van der Waals surface area (Å²) in [6.07, 6.45) is 1.16. The van der Waals surface area contributed by atoms with Gasteiger partial charge in [0.25, 0.3) is 5.91 Å². The van der Waals surface area contributed by atoms with E-state index in [9.17, 15) is 14.4 Å². The molecular formula is C16H16N2O5. The van der Waals surface area contributed by atoms with Gasteiger partial charge in [0, 0.05) is 17.7 Å². The summed E-state index contributed by atoms with van der Waals surface area (Å²) in [7, 11) is 0. The minimum Gasteiger partial charge on any atom is -0.481 e. The van der Waals surface area contributed by atoms with Gasteiger partial charge in [0.15, 0.2) is 0 Å². The predicted molar refractivity (Wildman–Crippen MR) is 81.8 cm³/mol. The van der Waals surface area contributed by atoms with Crippen molar-refractivity contribution in [3.63, 3.8) is 0 Å². The van der Waals surface area contributed by atoms with Crippen molar-refractivity contribution in [3.8, 4) is 0 Å². The second kappa shape index (κ2) is 7.79. The summed E-state index contributed by atoms with van der Waals surface area (Å²) < 4.78 is 5.12. The number of benzene rings is 1. The molecule has 0 aliphatic carbocycles. The number of hydrogen-bond acceptors (Lipinski definition) is 4. The molecule has 1 heterocycles. The molecule has 0 unspecified atom stereocenters. The molecule has 7 nitrogen and oxygen atoms in total. The molecule has 1 aromatic heterocycles. The number of hydrogen-bond donors (Lipinski definition) is 3. The van der Waals surface area contributed by atoms with Gasteiger partial charge in [-0.2, -0.15) is 0 Å². The number of carboxylic acid groups (broad SMARTS) is 1. The minimum atomic E-state index is -1.04. The van der Waals surface area contributed by atoms with Crippen LogP contribution in [0.3, 0.4) is 0 Å². The molecule has 0 fully saturated rings. The number of carboxylic acids is 1. The van der Waals surface area contributed by atoms with Crippen LogP contribution in [0.1, 0.15) is 29.0 Å². The van der Waals surface area contributed by atoms with Gasteiger partial charge in [-0.25, -0.2) is 0 Å². The van der Waals surface area contributed by atoms with Crippen molar-refractivity contribution in [3.05, 3.63) is 54.0 Å². The first-order valence-corrected chi connectivity index (χ1v) is 6.97. The molecule has 0 saturated carbocycles. The van der Waals surface area contributed by atoms with Gasteiger partial charge in [-0.05, 0) is 30.3 Å². The Hall–Kier alpha value is -3.09. The third kappa shape index (κ3) is 5.31. The molecule has 2 aromatic rings. The van der Waals surface area contributed by atoms with Gasteiger partial charge >= 0.3 is 5.97 Å². The number of aliphatic carboxylic acids is 1. The maximum Gasteiger partial charge on any atom is 0.303 e. The fourth-order valence-corrected chi connectivity index (χ4v) is 1.86. The molecule has 0 aliphatic rings. The fraction of sp³-hybridized carbons (Fsp3) is 0.188. The molecule has 0 atom stereocenters. The van der Waals surface area contributed by atoms with E-state index in [0.717, 1.165) is 0 Å². The maximum atomic E-state index is 12.0. The van der Waals surface area contributed by atoms with E-state index in [1.807, 2.05) is 0 Å². The Bertz CT molecular complexity index is 694. The number of amides is 2. The lowest BCUT2D eigenvalue weighted by Gasteiger charge is -2.07. The molecular weight excluding hydrogens is 300 g/mol. The topological polar surface area (TPSA) is 109 Å². The van der Waals surface area contributed by atoms with Gasteiger partial charge in [-0.3, -0.25) is 14.4 Å². The number of anilines is 1. The van der Waals surface area contributed by atoms with Gasteiger partial charge in [0.1, 0.15) is 5.76 Å². The van der Waals surface area contributed by atoms with E-state index in [2.05, 4.69) is 10.6 Å². The summed E-state index contributed by atoms with van der Waals surface area (Å²) in [5.74, 6) is -1.12. The minimum absolute atomic E-state index is 0.121. The van der Waals surface area contributed by atoms with Gasteiger partial charge in [0.05, 0.1) is 19.2 Å². The van der Waals surface area contributed by atoms with Crippen LogP contribution in [0.15, 0.2) is 47.1 Å². The van der Waals surface area contributed by atoms with Crippen molar-refractivity contribution in [2.75, 3.05) is 5.32 Å². The van der Waals surface area contributed by atoms with Crippen molar-refractivity contribution in [2.45, 2.75) is 19.4 Å². The Morgan fingerprint density at radius 1 is 1.09 bits per heavy atom. The Labute approximate surface area is 132 Å². The molecule has 0 aliphatic heterocycles.